The molecule has 2 aliphatic carbocycles. The van der Waals surface area contributed by atoms with Gasteiger partial charge in [0.2, 0.25) is 0 Å². The highest BCUT2D eigenvalue weighted by atomic mass is 32.2. The van der Waals surface area contributed by atoms with Gasteiger partial charge in [0.1, 0.15) is 5.60 Å². The SMILES string of the molecule is CC(C)(C)OC(=O)NC1CCCC1NC1CCCC1S(C)(=O)=O. The van der Waals surface area contributed by atoms with Crippen LogP contribution in [0.4, 0.5) is 4.79 Å². The zero-order chi connectivity index (χ0) is 17.3. The summed E-state index contributed by atoms with van der Waals surface area (Å²) in [5.41, 5.74) is -0.515. The number of carbonyl (C=O) groups is 1. The predicted molar refractivity (Wildman–Crippen MR) is 90.2 cm³/mol. The van der Waals surface area contributed by atoms with Crippen LogP contribution in [0.2, 0.25) is 0 Å². The molecule has 4 unspecified atom stereocenters. The Morgan fingerprint density at radius 2 is 1.57 bits per heavy atom. The molecule has 0 heterocycles. The minimum absolute atomic E-state index is 0.00367. The Morgan fingerprint density at radius 3 is 2.17 bits per heavy atom. The second-order valence-electron chi connectivity index (χ2n) is 7.86. The molecule has 0 spiro atoms. The Bertz CT molecular complexity index is 527. The van der Waals surface area contributed by atoms with E-state index in [0.29, 0.717) is 0 Å². The van der Waals surface area contributed by atoms with Gasteiger partial charge in [0.05, 0.1) is 5.25 Å². The summed E-state index contributed by atoms with van der Waals surface area (Å²) in [7, 11) is -3.03. The van der Waals surface area contributed by atoms with Crippen LogP contribution in [-0.4, -0.2) is 49.7 Å². The summed E-state index contributed by atoms with van der Waals surface area (Å²) in [6, 6.07) is 0.122. The van der Waals surface area contributed by atoms with Gasteiger partial charge in [-0.1, -0.05) is 6.42 Å². The molecule has 7 heteroatoms. The van der Waals surface area contributed by atoms with E-state index in [-0.39, 0.29) is 23.4 Å². The second-order valence-corrected chi connectivity index (χ2v) is 10.1. The molecular formula is C16H30N2O4S. The molecular weight excluding hydrogens is 316 g/mol. The lowest BCUT2D eigenvalue weighted by molar-refractivity contribution is 0.0497. The summed E-state index contributed by atoms with van der Waals surface area (Å²) in [6.45, 7) is 5.52. The van der Waals surface area contributed by atoms with E-state index >= 15 is 0 Å². The largest absolute Gasteiger partial charge is 0.444 e. The number of hydrogen-bond donors (Lipinski definition) is 2. The Hall–Kier alpha value is -0.820. The predicted octanol–water partition coefficient (Wildman–Crippen LogP) is 1.99. The van der Waals surface area contributed by atoms with Gasteiger partial charge in [-0.15, -0.1) is 0 Å². The number of hydrogen-bond acceptors (Lipinski definition) is 5. The minimum atomic E-state index is -3.03. The van der Waals surface area contributed by atoms with E-state index in [1.54, 1.807) is 0 Å². The van der Waals surface area contributed by atoms with Crippen LogP contribution in [-0.2, 0) is 14.6 Å². The fourth-order valence-corrected chi connectivity index (χ4v) is 5.10. The molecule has 2 N–H and O–H groups in total. The molecule has 0 radical (unpaired) electrons. The first-order valence-electron chi connectivity index (χ1n) is 8.51. The number of sulfone groups is 1. The molecule has 2 aliphatic rings. The lowest BCUT2D eigenvalue weighted by Crippen LogP contribution is -2.53. The van der Waals surface area contributed by atoms with E-state index in [4.69, 9.17) is 4.74 Å². The first-order chi connectivity index (χ1) is 10.6. The standard InChI is InChI=1S/C16H30N2O4S/c1-16(2,3)22-15(19)18-12-8-5-7-11(12)17-13-9-6-10-14(13)23(4,20)21/h11-14,17H,5-10H2,1-4H3,(H,18,19). The maximum absolute atomic E-state index is 12.0. The van der Waals surface area contributed by atoms with E-state index < -0.39 is 21.5 Å². The first-order valence-corrected chi connectivity index (χ1v) is 10.5. The van der Waals surface area contributed by atoms with Gasteiger partial charge in [0.15, 0.2) is 9.84 Å². The zero-order valence-electron chi connectivity index (χ0n) is 14.6. The Kier molecular flexibility index (Phi) is 5.61. The molecule has 0 aromatic heterocycles. The number of carbonyl (C=O) groups excluding carboxylic acids is 1. The van der Waals surface area contributed by atoms with Crippen LogP contribution < -0.4 is 10.6 Å². The van der Waals surface area contributed by atoms with Crippen LogP contribution in [0.15, 0.2) is 0 Å². The van der Waals surface area contributed by atoms with Gasteiger partial charge in [-0.3, -0.25) is 0 Å². The first kappa shape index (κ1) is 18.5. The topological polar surface area (TPSA) is 84.5 Å². The Labute approximate surface area is 139 Å². The molecule has 134 valence electrons. The van der Waals surface area contributed by atoms with Crippen molar-refractivity contribution in [3.63, 3.8) is 0 Å². The van der Waals surface area contributed by atoms with Gasteiger partial charge in [-0.2, -0.15) is 0 Å². The Morgan fingerprint density at radius 1 is 1.00 bits per heavy atom. The second kappa shape index (κ2) is 6.97. The molecule has 6 nitrogen and oxygen atoms in total. The lowest BCUT2D eigenvalue weighted by atomic mass is 10.1. The van der Waals surface area contributed by atoms with E-state index in [1.807, 2.05) is 20.8 Å². The normalized spacial score (nSPS) is 32.0. The highest BCUT2D eigenvalue weighted by Crippen LogP contribution is 2.28. The summed E-state index contributed by atoms with van der Waals surface area (Å²) in [5, 5.41) is 6.14. The fraction of sp³-hybridized carbons (Fsp3) is 0.938. The lowest BCUT2D eigenvalue weighted by Gasteiger charge is -2.29. The fourth-order valence-electron chi connectivity index (χ4n) is 3.70. The summed E-state index contributed by atoms with van der Waals surface area (Å²) in [5.74, 6) is 0. The van der Waals surface area contributed by atoms with Crippen LogP contribution in [0.25, 0.3) is 0 Å². The van der Waals surface area contributed by atoms with Crippen LogP contribution in [0, 0.1) is 0 Å². The van der Waals surface area contributed by atoms with Crippen molar-refractivity contribution in [1.82, 2.24) is 10.6 Å². The molecule has 23 heavy (non-hydrogen) atoms. The average Bonchev–Trinajstić information content (AvgIpc) is 2.96. The van der Waals surface area contributed by atoms with Crippen LogP contribution in [0.3, 0.4) is 0 Å². The molecule has 0 aromatic carbocycles. The molecule has 1 amide bonds. The van der Waals surface area contributed by atoms with E-state index in [9.17, 15) is 13.2 Å². The highest BCUT2D eigenvalue weighted by Gasteiger charge is 2.38. The number of amides is 1. The molecule has 0 saturated heterocycles. The highest BCUT2D eigenvalue weighted by molar-refractivity contribution is 7.91. The van der Waals surface area contributed by atoms with E-state index in [0.717, 1.165) is 38.5 Å². The summed E-state index contributed by atoms with van der Waals surface area (Å²) >= 11 is 0. The van der Waals surface area contributed by atoms with Crippen LogP contribution in [0.5, 0.6) is 0 Å². The molecule has 0 aliphatic heterocycles. The maximum Gasteiger partial charge on any atom is 0.407 e. The average molecular weight is 346 g/mol. The van der Waals surface area contributed by atoms with Crippen molar-refractivity contribution in [1.29, 1.82) is 0 Å². The van der Waals surface area contributed by atoms with Crippen LogP contribution >= 0.6 is 0 Å². The maximum atomic E-state index is 12.0. The molecule has 2 rings (SSSR count). The number of rotatable bonds is 4. The van der Waals surface area contributed by atoms with Gasteiger partial charge >= 0.3 is 6.09 Å². The molecule has 2 fully saturated rings. The summed E-state index contributed by atoms with van der Waals surface area (Å²) in [6.07, 6.45) is 6.34. The molecule has 2 saturated carbocycles. The summed E-state index contributed by atoms with van der Waals surface area (Å²) < 4.78 is 29.1. The summed E-state index contributed by atoms with van der Waals surface area (Å²) in [4.78, 5) is 12.0. The molecule has 4 atom stereocenters. The van der Waals surface area contributed by atoms with Crippen molar-refractivity contribution in [2.45, 2.75) is 88.3 Å². The van der Waals surface area contributed by atoms with Gasteiger partial charge < -0.3 is 15.4 Å². The van der Waals surface area contributed by atoms with Gasteiger partial charge in [0.25, 0.3) is 0 Å². The number of nitrogens with one attached hydrogen (secondary N) is 2. The van der Waals surface area contributed by atoms with Crippen molar-refractivity contribution in [2.24, 2.45) is 0 Å². The minimum Gasteiger partial charge on any atom is -0.444 e. The van der Waals surface area contributed by atoms with Crippen molar-refractivity contribution in [3.8, 4) is 0 Å². The van der Waals surface area contributed by atoms with Crippen molar-refractivity contribution in [2.75, 3.05) is 6.26 Å². The van der Waals surface area contributed by atoms with Crippen LogP contribution in [0.1, 0.15) is 59.3 Å². The van der Waals surface area contributed by atoms with Crippen molar-refractivity contribution < 1.29 is 17.9 Å². The van der Waals surface area contributed by atoms with Gasteiger partial charge in [-0.25, -0.2) is 13.2 Å². The Balaban J connectivity index is 1.93. The number of alkyl carbamates (subject to hydrolysis) is 1. The molecule has 0 aromatic rings. The third-order valence-corrected chi connectivity index (χ3v) is 6.31. The number of ether oxygens (including phenoxy) is 1. The van der Waals surface area contributed by atoms with Gasteiger partial charge in [-0.05, 0) is 52.9 Å². The monoisotopic (exact) mass is 346 g/mol. The van der Waals surface area contributed by atoms with Crippen molar-refractivity contribution >= 4 is 15.9 Å². The van der Waals surface area contributed by atoms with E-state index in [2.05, 4.69) is 10.6 Å². The third kappa shape index (κ3) is 5.35. The third-order valence-electron chi connectivity index (χ3n) is 4.65. The van der Waals surface area contributed by atoms with E-state index in [1.165, 1.54) is 6.26 Å². The molecule has 0 bridgehead atoms. The smallest absolute Gasteiger partial charge is 0.407 e. The van der Waals surface area contributed by atoms with Gasteiger partial charge in [0, 0.05) is 24.4 Å². The zero-order valence-corrected chi connectivity index (χ0v) is 15.4. The van der Waals surface area contributed by atoms with Crippen molar-refractivity contribution in [3.05, 3.63) is 0 Å². The quantitative estimate of drug-likeness (QED) is 0.813.